The summed E-state index contributed by atoms with van der Waals surface area (Å²) in [5.41, 5.74) is -0.576. The fourth-order valence-electron chi connectivity index (χ4n) is 4.44. The lowest BCUT2D eigenvalue weighted by molar-refractivity contribution is -0.161. The van der Waals surface area contributed by atoms with Gasteiger partial charge in [-0.2, -0.15) is 0 Å². The van der Waals surface area contributed by atoms with Gasteiger partial charge >= 0.3 is 11.9 Å². The number of allylic oxidation sites excluding steroid dienone is 3. The molecule has 1 heterocycles. The molecule has 1 aliphatic heterocycles. The predicted octanol–water partition coefficient (Wildman–Crippen LogP) is 1.73. The molecule has 26 heavy (non-hydrogen) atoms. The lowest BCUT2D eigenvalue weighted by atomic mass is 9.67. The van der Waals surface area contributed by atoms with Crippen molar-refractivity contribution in [3.8, 4) is 0 Å². The SMILES string of the molecule is C=C1C(=O)O[C@@H]2[C@H](O)[C@@H](C)[C@H]3C=CC(=O)[C@@]3(C)[C@@H](OC(=O)/C(C)=C\C)[C@H]12. The van der Waals surface area contributed by atoms with Gasteiger partial charge in [-0.3, -0.25) is 4.79 Å². The summed E-state index contributed by atoms with van der Waals surface area (Å²) in [7, 11) is 0. The quantitative estimate of drug-likeness (QED) is 0.596. The number of rotatable bonds is 2. The number of hydrogen-bond donors (Lipinski definition) is 1. The molecular formula is C20H24O6. The van der Waals surface area contributed by atoms with Gasteiger partial charge in [0.25, 0.3) is 0 Å². The number of esters is 2. The average Bonchev–Trinajstić information content (AvgIpc) is 3.06. The maximum atomic E-state index is 12.8. The van der Waals surface area contributed by atoms with Crippen molar-refractivity contribution in [3.05, 3.63) is 36.0 Å². The van der Waals surface area contributed by atoms with Crippen LogP contribution in [0.4, 0.5) is 0 Å². The van der Waals surface area contributed by atoms with Crippen LogP contribution in [0.1, 0.15) is 27.7 Å². The van der Waals surface area contributed by atoms with E-state index in [4.69, 9.17) is 9.47 Å². The lowest BCUT2D eigenvalue weighted by Gasteiger charge is -2.39. The number of ketones is 1. The number of hydrogen-bond acceptors (Lipinski definition) is 6. The summed E-state index contributed by atoms with van der Waals surface area (Å²) in [5, 5.41) is 10.8. The summed E-state index contributed by atoms with van der Waals surface area (Å²) in [6, 6.07) is 0. The zero-order valence-corrected chi connectivity index (χ0v) is 15.4. The number of fused-ring (bicyclic) bond motifs is 2. The third-order valence-corrected chi connectivity index (χ3v) is 6.29. The molecule has 6 nitrogen and oxygen atoms in total. The lowest BCUT2D eigenvalue weighted by Crippen LogP contribution is -2.49. The topological polar surface area (TPSA) is 89.9 Å². The minimum atomic E-state index is -1.10. The molecule has 0 aromatic carbocycles. The molecule has 7 atom stereocenters. The maximum absolute atomic E-state index is 12.8. The molecule has 0 amide bonds. The van der Waals surface area contributed by atoms with Gasteiger partial charge in [0, 0.05) is 11.1 Å². The van der Waals surface area contributed by atoms with Crippen LogP contribution in [0.5, 0.6) is 0 Å². The zero-order valence-electron chi connectivity index (χ0n) is 15.4. The second-order valence-electron chi connectivity index (χ2n) is 7.60. The standard InChI is InChI=1S/C20H24O6/c1-6-9(2)18(23)26-17-14-11(4)19(24)25-16(14)15(22)10(3)12-7-8-13(21)20(12,17)5/h6-8,10,12,14-17,22H,4H2,1-3,5H3/b9-6-/t10-,12+,14+,15+,16-,17-,20-/m0/s1. The molecule has 140 valence electrons. The van der Waals surface area contributed by atoms with Crippen molar-refractivity contribution in [2.24, 2.45) is 23.2 Å². The highest BCUT2D eigenvalue weighted by atomic mass is 16.6. The van der Waals surface area contributed by atoms with Crippen LogP contribution in [0, 0.1) is 23.2 Å². The number of carbonyl (C=O) groups excluding carboxylic acids is 3. The van der Waals surface area contributed by atoms with Crippen molar-refractivity contribution in [1.82, 2.24) is 0 Å². The highest BCUT2D eigenvalue weighted by Crippen LogP contribution is 2.54. The van der Waals surface area contributed by atoms with E-state index in [1.54, 1.807) is 32.9 Å². The Morgan fingerprint density at radius 2 is 2.08 bits per heavy atom. The summed E-state index contributed by atoms with van der Waals surface area (Å²) in [6.07, 6.45) is 2.00. The van der Waals surface area contributed by atoms with E-state index in [9.17, 15) is 19.5 Å². The highest BCUT2D eigenvalue weighted by molar-refractivity contribution is 5.99. The highest BCUT2D eigenvalue weighted by Gasteiger charge is 2.64. The van der Waals surface area contributed by atoms with Crippen LogP contribution in [-0.4, -0.2) is 41.1 Å². The molecule has 2 aliphatic carbocycles. The first-order valence-corrected chi connectivity index (χ1v) is 8.79. The van der Waals surface area contributed by atoms with Crippen molar-refractivity contribution >= 4 is 17.7 Å². The number of aliphatic hydroxyl groups excluding tert-OH is 1. The Hall–Kier alpha value is -2.21. The Morgan fingerprint density at radius 3 is 2.69 bits per heavy atom. The normalized spacial score (nSPS) is 42.2. The molecule has 0 aromatic heterocycles. The Bertz CT molecular complexity index is 747. The molecule has 2 fully saturated rings. The second-order valence-corrected chi connectivity index (χ2v) is 7.60. The number of aliphatic hydroxyl groups is 1. The largest absolute Gasteiger partial charge is 0.457 e. The Morgan fingerprint density at radius 1 is 1.42 bits per heavy atom. The molecule has 1 N–H and O–H groups in total. The van der Waals surface area contributed by atoms with Gasteiger partial charge in [-0.1, -0.05) is 25.7 Å². The second kappa shape index (κ2) is 6.20. The van der Waals surface area contributed by atoms with Gasteiger partial charge in [-0.15, -0.1) is 0 Å². The van der Waals surface area contributed by atoms with Crippen molar-refractivity contribution in [3.63, 3.8) is 0 Å². The van der Waals surface area contributed by atoms with Gasteiger partial charge in [0.2, 0.25) is 0 Å². The fraction of sp³-hybridized carbons (Fsp3) is 0.550. The van der Waals surface area contributed by atoms with E-state index < -0.39 is 41.6 Å². The number of ether oxygens (including phenoxy) is 2. The summed E-state index contributed by atoms with van der Waals surface area (Å²) < 4.78 is 11.1. The molecule has 1 saturated carbocycles. The van der Waals surface area contributed by atoms with Gasteiger partial charge in [-0.05, 0) is 38.7 Å². The van der Waals surface area contributed by atoms with Crippen molar-refractivity contribution in [2.45, 2.75) is 46.0 Å². The smallest absolute Gasteiger partial charge is 0.334 e. The van der Waals surface area contributed by atoms with Gasteiger partial charge in [-0.25, -0.2) is 9.59 Å². The minimum Gasteiger partial charge on any atom is -0.457 e. The van der Waals surface area contributed by atoms with Crippen LogP contribution in [0.2, 0.25) is 0 Å². The van der Waals surface area contributed by atoms with E-state index in [-0.39, 0.29) is 23.2 Å². The molecule has 1 saturated heterocycles. The first-order chi connectivity index (χ1) is 12.1. The Labute approximate surface area is 152 Å². The van der Waals surface area contributed by atoms with E-state index in [1.165, 1.54) is 6.08 Å². The molecule has 0 spiro atoms. The predicted molar refractivity (Wildman–Crippen MR) is 92.7 cm³/mol. The van der Waals surface area contributed by atoms with Gasteiger partial charge in [0.1, 0.15) is 12.2 Å². The molecule has 0 unspecified atom stereocenters. The van der Waals surface area contributed by atoms with Crippen LogP contribution in [-0.2, 0) is 23.9 Å². The average molecular weight is 360 g/mol. The van der Waals surface area contributed by atoms with Gasteiger partial charge in [0.05, 0.1) is 17.4 Å². The number of carbonyl (C=O) groups is 3. The van der Waals surface area contributed by atoms with Crippen LogP contribution < -0.4 is 0 Å². The summed E-state index contributed by atoms with van der Waals surface area (Å²) in [5.74, 6) is -2.86. The Kier molecular flexibility index (Phi) is 4.43. The van der Waals surface area contributed by atoms with Gasteiger partial charge in [0.15, 0.2) is 5.78 Å². The van der Waals surface area contributed by atoms with Crippen molar-refractivity contribution in [1.29, 1.82) is 0 Å². The van der Waals surface area contributed by atoms with Crippen LogP contribution >= 0.6 is 0 Å². The monoisotopic (exact) mass is 360 g/mol. The third kappa shape index (κ3) is 2.39. The van der Waals surface area contributed by atoms with E-state index in [0.29, 0.717) is 5.57 Å². The Balaban J connectivity index is 2.14. The molecule has 0 aromatic rings. The van der Waals surface area contributed by atoms with E-state index in [0.717, 1.165) is 0 Å². The van der Waals surface area contributed by atoms with Gasteiger partial charge < -0.3 is 14.6 Å². The van der Waals surface area contributed by atoms with Crippen LogP contribution in [0.25, 0.3) is 0 Å². The maximum Gasteiger partial charge on any atom is 0.334 e. The molecule has 0 bridgehead atoms. The molecule has 6 heteroatoms. The summed E-state index contributed by atoms with van der Waals surface area (Å²) in [6.45, 7) is 10.7. The van der Waals surface area contributed by atoms with Crippen LogP contribution in [0.15, 0.2) is 36.0 Å². The summed E-state index contributed by atoms with van der Waals surface area (Å²) in [4.78, 5) is 37.4. The molecular weight excluding hydrogens is 336 g/mol. The first kappa shape index (κ1) is 18.6. The van der Waals surface area contributed by atoms with Crippen molar-refractivity contribution < 1.29 is 29.0 Å². The van der Waals surface area contributed by atoms with E-state index >= 15 is 0 Å². The fourth-order valence-corrected chi connectivity index (χ4v) is 4.44. The zero-order chi connectivity index (χ0) is 19.4. The minimum absolute atomic E-state index is 0.124. The summed E-state index contributed by atoms with van der Waals surface area (Å²) >= 11 is 0. The first-order valence-electron chi connectivity index (χ1n) is 8.79. The van der Waals surface area contributed by atoms with Crippen molar-refractivity contribution in [2.75, 3.05) is 0 Å². The molecule has 3 rings (SSSR count). The third-order valence-electron chi connectivity index (χ3n) is 6.29. The molecule has 0 radical (unpaired) electrons. The van der Waals surface area contributed by atoms with E-state index in [2.05, 4.69) is 6.58 Å². The van der Waals surface area contributed by atoms with Crippen LogP contribution in [0.3, 0.4) is 0 Å². The molecule has 3 aliphatic rings. The van der Waals surface area contributed by atoms with E-state index in [1.807, 2.05) is 6.92 Å².